The van der Waals surface area contributed by atoms with Crippen molar-refractivity contribution in [2.45, 2.75) is 26.5 Å². The number of aromatic nitrogens is 3. The third kappa shape index (κ3) is 3.49. The molecule has 0 spiro atoms. The molecule has 25 heavy (non-hydrogen) atoms. The maximum absolute atomic E-state index is 9.47. The molecule has 0 aliphatic rings. The normalized spacial score (nSPS) is 12.0. The average molecular weight is 338 g/mol. The van der Waals surface area contributed by atoms with Crippen LogP contribution in [0.2, 0.25) is 0 Å². The van der Waals surface area contributed by atoms with E-state index < -0.39 is 0 Å². The molecule has 0 fully saturated rings. The predicted molar refractivity (Wildman–Crippen MR) is 97.1 cm³/mol. The van der Waals surface area contributed by atoms with E-state index >= 15 is 0 Å². The highest BCUT2D eigenvalue weighted by Gasteiger charge is 2.15. The lowest BCUT2D eigenvalue weighted by molar-refractivity contribution is 0.274. The van der Waals surface area contributed by atoms with E-state index in [0.717, 1.165) is 28.3 Å². The van der Waals surface area contributed by atoms with E-state index in [1.165, 1.54) is 0 Å². The Morgan fingerprint density at radius 2 is 2.12 bits per heavy atom. The first-order valence-corrected chi connectivity index (χ1v) is 8.14. The molecule has 130 valence electrons. The SMILES string of the molecule is COc1ccc(NC(C)c2cnn(-c3ccccn3)c2C)cc1CO. The molecule has 2 N–H and O–H groups in total. The molecule has 2 aromatic heterocycles. The zero-order chi connectivity index (χ0) is 17.8. The van der Waals surface area contributed by atoms with E-state index in [4.69, 9.17) is 4.74 Å². The van der Waals surface area contributed by atoms with E-state index in [9.17, 15) is 5.11 Å². The van der Waals surface area contributed by atoms with E-state index in [-0.39, 0.29) is 12.6 Å². The summed E-state index contributed by atoms with van der Waals surface area (Å²) in [6.07, 6.45) is 3.61. The number of aliphatic hydroxyl groups excluding tert-OH is 1. The number of pyridine rings is 1. The largest absolute Gasteiger partial charge is 0.496 e. The van der Waals surface area contributed by atoms with Crippen molar-refractivity contribution in [2.75, 3.05) is 12.4 Å². The molecule has 2 heterocycles. The molecule has 3 rings (SSSR count). The first-order chi connectivity index (χ1) is 12.1. The summed E-state index contributed by atoms with van der Waals surface area (Å²) in [5.41, 5.74) is 3.80. The summed E-state index contributed by atoms with van der Waals surface area (Å²) in [5, 5.41) is 17.4. The van der Waals surface area contributed by atoms with Crippen LogP contribution in [-0.2, 0) is 6.61 Å². The van der Waals surface area contributed by atoms with Crippen molar-refractivity contribution in [3.63, 3.8) is 0 Å². The number of aliphatic hydroxyl groups is 1. The lowest BCUT2D eigenvalue weighted by Crippen LogP contribution is -2.09. The molecule has 0 saturated heterocycles. The third-order valence-electron chi connectivity index (χ3n) is 4.21. The zero-order valence-corrected chi connectivity index (χ0v) is 14.6. The number of ether oxygens (including phenoxy) is 1. The number of nitrogens with one attached hydrogen (secondary N) is 1. The molecule has 6 heteroatoms. The fourth-order valence-electron chi connectivity index (χ4n) is 2.88. The molecule has 6 nitrogen and oxygen atoms in total. The third-order valence-corrected chi connectivity index (χ3v) is 4.21. The van der Waals surface area contributed by atoms with Gasteiger partial charge in [-0.15, -0.1) is 0 Å². The van der Waals surface area contributed by atoms with Gasteiger partial charge >= 0.3 is 0 Å². The smallest absolute Gasteiger partial charge is 0.153 e. The van der Waals surface area contributed by atoms with Gasteiger partial charge in [-0.05, 0) is 44.2 Å². The summed E-state index contributed by atoms with van der Waals surface area (Å²) in [7, 11) is 1.60. The summed E-state index contributed by atoms with van der Waals surface area (Å²) >= 11 is 0. The molecule has 3 aromatic rings. The number of benzene rings is 1. The molecular weight excluding hydrogens is 316 g/mol. The Balaban J connectivity index is 1.83. The van der Waals surface area contributed by atoms with Crippen molar-refractivity contribution in [1.82, 2.24) is 14.8 Å². The fraction of sp³-hybridized carbons (Fsp3) is 0.263. The number of methoxy groups -OCH3 is 1. The quantitative estimate of drug-likeness (QED) is 0.722. The van der Waals surface area contributed by atoms with Gasteiger partial charge in [-0.2, -0.15) is 5.10 Å². The van der Waals surface area contributed by atoms with Gasteiger partial charge < -0.3 is 15.2 Å². The molecule has 1 aromatic carbocycles. The minimum absolute atomic E-state index is 0.0531. The van der Waals surface area contributed by atoms with Crippen LogP contribution in [0.25, 0.3) is 5.82 Å². The van der Waals surface area contributed by atoms with Gasteiger partial charge in [0, 0.05) is 28.7 Å². The number of rotatable bonds is 6. The lowest BCUT2D eigenvalue weighted by atomic mass is 10.1. The Bertz CT molecular complexity index is 846. The summed E-state index contributed by atoms with van der Waals surface area (Å²) in [4.78, 5) is 4.35. The number of hydrogen-bond acceptors (Lipinski definition) is 5. The Kier molecular flexibility index (Phi) is 5.00. The first kappa shape index (κ1) is 17.0. The van der Waals surface area contributed by atoms with Crippen molar-refractivity contribution in [2.24, 2.45) is 0 Å². The summed E-state index contributed by atoms with van der Waals surface area (Å²) in [6.45, 7) is 4.04. The highest BCUT2D eigenvalue weighted by molar-refractivity contribution is 5.52. The van der Waals surface area contributed by atoms with Crippen molar-refractivity contribution in [3.8, 4) is 11.6 Å². The summed E-state index contributed by atoms with van der Waals surface area (Å²) < 4.78 is 7.08. The molecule has 0 aliphatic heterocycles. The van der Waals surface area contributed by atoms with Crippen LogP contribution in [0.5, 0.6) is 5.75 Å². The maximum atomic E-state index is 9.47. The van der Waals surface area contributed by atoms with Gasteiger partial charge in [0.1, 0.15) is 5.75 Å². The zero-order valence-electron chi connectivity index (χ0n) is 14.6. The van der Waals surface area contributed by atoms with Gasteiger partial charge in [0.05, 0.1) is 26.0 Å². The van der Waals surface area contributed by atoms with Crippen molar-refractivity contribution < 1.29 is 9.84 Å². The van der Waals surface area contributed by atoms with Crippen LogP contribution < -0.4 is 10.1 Å². The molecule has 1 atom stereocenters. The molecule has 0 saturated carbocycles. The second kappa shape index (κ2) is 7.36. The van der Waals surface area contributed by atoms with Crippen LogP contribution in [0.3, 0.4) is 0 Å². The van der Waals surface area contributed by atoms with Gasteiger partial charge in [0.15, 0.2) is 5.82 Å². The molecule has 1 unspecified atom stereocenters. The van der Waals surface area contributed by atoms with Crippen LogP contribution in [-0.4, -0.2) is 27.0 Å². The molecular formula is C19H22N4O2. The number of anilines is 1. The highest BCUT2D eigenvalue weighted by Crippen LogP contribution is 2.27. The molecule has 0 aliphatic carbocycles. The second-order valence-corrected chi connectivity index (χ2v) is 5.84. The predicted octanol–water partition coefficient (Wildman–Crippen LogP) is 3.25. The van der Waals surface area contributed by atoms with Crippen LogP contribution in [0.15, 0.2) is 48.8 Å². The standard InChI is InChI=1S/C19H22N4O2/c1-13(22-16-7-8-18(25-3)15(10-16)12-24)17-11-21-23(14(17)2)19-6-4-5-9-20-19/h4-11,13,22,24H,12H2,1-3H3. The second-order valence-electron chi connectivity index (χ2n) is 5.84. The number of nitrogens with zero attached hydrogens (tertiary/aromatic N) is 3. The molecule has 0 bridgehead atoms. The van der Waals surface area contributed by atoms with Crippen molar-refractivity contribution >= 4 is 5.69 Å². The van der Waals surface area contributed by atoms with E-state index in [1.807, 2.05) is 54.2 Å². The summed E-state index contributed by atoms with van der Waals surface area (Å²) in [6, 6.07) is 11.5. The Morgan fingerprint density at radius 1 is 1.28 bits per heavy atom. The molecule has 0 amide bonds. The van der Waals surface area contributed by atoms with Crippen LogP contribution in [0.4, 0.5) is 5.69 Å². The van der Waals surface area contributed by atoms with E-state index in [1.54, 1.807) is 13.3 Å². The van der Waals surface area contributed by atoms with E-state index in [2.05, 4.69) is 22.3 Å². The van der Waals surface area contributed by atoms with E-state index in [0.29, 0.717) is 5.75 Å². The fourth-order valence-corrected chi connectivity index (χ4v) is 2.88. The molecule has 0 radical (unpaired) electrons. The van der Waals surface area contributed by atoms with Crippen LogP contribution in [0, 0.1) is 6.92 Å². The van der Waals surface area contributed by atoms with Crippen LogP contribution >= 0.6 is 0 Å². The minimum Gasteiger partial charge on any atom is -0.496 e. The maximum Gasteiger partial charge on any atom is 0.153 e. The Labute approximate surface area is 147 Å². The number of hydrogen-bond donors (Lipinski definition) is 2. The summed E-state index contributed by atoms with van der Waals surface area (Å²) in [5.74, 6) is 1.48. The van der Waals surface area contributed by atoms with Crippen molar-refractivity contribution in [1.29, 1.82) is 0 Å². The Hall–Kier alpha value is -2.86. The highest BCUT2D eigenvalue weighted by atomic mass is 16.5. The van der Waals surface area contributed by atoms with Crippen molar-refractivity contribution in [3.05, 3.63) is 65.6 Å². The first-order valence-electron chi connectivity index (χ1n) is 8.14. The van der Waals surface area contributed by atoms with Crippen LogP contribution in [0.1, 0.15) is 29.8 Å². The lowest BCUT2D eigenvalue weighted by Gasteiger charge is -2.17. The van der Waals surface area contributed by atoms with Gasteiger partial charge in [-0.1, -0.05) is 6.07 Å². The Morgan fingerprint density at radius 3 is 2.80 bits per heavy atom. The van der Waals surface area contributed by atoms with Gasteiger partial charge in [0.25, 0.3) is 0 Å². The average Bonchev–Trinajstić information content (AvgIpc) is 3.03. The van der Waals surface area contributed by atoms with Gasteiger partial charge in [-0.3, -0.25) is 0 Å². The van der Waals surface area contributed by atoms with Gasteiger partial charge in [-0.25, -0.2) is 9.67 Å². The topological polar surface area (TPSA) is 72.2 Å². The minimum atomic E-state index is -0.0658. The monoisotopic (exact) mass is 338 g/mol. The van der Waals surface area contributed by atoms with Gasteiger partial charge in [0.2, 0.25) is 0 Å².